The zero-order valence-electron chi connectivity index (χ0n) is 14.7. The maximum absolute atomic E-state index is 12.0. The SMILES string of the molecule is Cc1ccccc1CN1CC[C@@H](CNC(=O)CCc2csc(N)n2)C1. The first kappa shape index (κ1) is 17.9. The highest BCUT2D eigenvalue weighted by molar-refractivity contribution is 7.13. The molecule has 2 aromatic rings. The van der Waals surface area contributed by atoms with E-state index < -0.39 is 0 Å². The molecular formula is C19H26N4OS. The number of carbonyl (C=O) groups is 1. The number of thiazole rings is 1. The van der Waals surface area contributed by atoms with E-state index in [1.807, 2.05) is 5.38 Å². The zero-order chi connectivity index (χ0) is 17.6. The summed E-state index contributed by atoms with van der Waals surface area (Å²) in [6.07, 6.45) is 2.28. The Morgan fingerprint density at radius 3 is 3.04 bits per heavy atom. The lowest BCUT2D eigenvalue weighted by atomic mass is 10.1. The van der Waals surface area contributed by atoms with Gasteiger partial charge in [0.1, 0.15) is 0 Å². The van der Waals surface area contributed by atoms with Crippen molar-refractivity contribution < 1.29 is 4.79 Å². The third kappa shape index (κ3) is 5.28. The van der Waals surface area contributed by atoms with Crippen LogP contribution in [0, 0.1) is 12.8 Å². The highest BCUT2D eigenvalue weighted by Crippen LogP contribution is 2.19. The Hall–Kier alpha value is -1.92. The van der Waals surface area contributed by atoms with Crippen LogP contribution in [0.2, 0.25) is 0 Å². The Kier molecular flexibility index (Phi) is 6.04. The van der Waals surface area contributed by atoms with Crippen molar-refractivity contribution in [2.45, 2.75) is 32.7 Å². The van der Waals surface area contributed by atoms with Gasteiger partial charge in [-0.1, -0.05) is 24.3 Å². The molecule has 0 aliphatic carbocycles. The topological polar surface area (TPSA) is 71.2 Å². The van der Waals surface area contributed by atoms with Gasteiger partial charge in [-0.15, -0.1) is 11.3 Å². The number of nitrogens with two attached hydrogens (primary N) is 1. The van der Waals surface area contributed by atoms with E-state index in [0.29, 0.717) is 23.9 Å². The number of anilines is 1. The molecule has 1 aliphatic heterocycles. The summed E-state index contributed by atoms with van der Waals surface area (Å²) in [6, 6.07) is 8.56. The summed E-state index contributed by atoms with van der Waals surface area (Å²) in [7, 11) is 0. The third-order valence-electron chi connectivity index (χ3n) is 4.79. The maximum Gasteiger partial charge on any atom is 0.220 e. The number of amides is 1. The molecule has 2 heterocycles. The van der Waals surface area contributed by atoms with Gasteiger partial charge < -0.3 is 11.1 Å². The van der Waals surface area contributed by atoms with Crippen LogP contribution in [-0.4, -0.2) is 35.4 Å². The lowest BCUT2D eigenvalue weighted by Crippen LogP contribution is -2.31. The Labute approximate surface area is 153 Å². The molecule has 5 nitrogen and oxygen atoms in total. The highest BCUT2D eigenvalue weighted by Gasteiger charge is 2.23. The summed E-state index contributed by atoms with van der Waals surface area (Å²) in [5.74, 6) is 0.645. The molecule has 6 heteroatoms. The summed E-state index contributed by atoms with van der Waals surface area (Å²) >= 11 is 1.42. The van der Waals surface area contributed by atoms with Gasteiger partial charge >= 0.3 is 0 Å². The molecule has 3 rings (SSSR count). The van der Waals surface area contributed by atoms with Gasteiger partial charge in [0.2, 0.25) is 5.91 Å². The number of aromatic nitrogens is 1. The molecule has 0 saturated carbocycles. The molecule has 0 bridgehead atoms. The van der Waals surface area contributed by atoms with Gasteiger partial charge in [-0.2, -0.15) is 0 Å². The first-order valence-corrected chi connectivity index (χ1v) is 9.71. The second-order valence-electron chi connectivity index (χ2n) is 6.80. The van der Waals surface area contributed by atoms with Crippen LogP contribution < -0.4 is 11.1 Å². The Morgan fingerprint density at radius 1 is 1.44 bits per heavy atom. The number of hydrogen-bond acceptors (Lipinski definition) is 5. The summed E-state index contributed by atoms with van der Waals surface area (Å²) in [5, 5.41) is 5.56. The van der Waals surface area contributed by atoms with Crippen molar-refractivity contribution in [1.82, 2.24) is 15.2 Å². The van der Waals surface area contributed by atoms with E-state index in [1.165, 1.54) is 22.5 Å². The molecule has 1 aromatic heterocycles. The van der Waals surface area contributed by atoms with Gasteiger partial charge in [0.25, 0.3) is 0 Å². The molecule has 134 valence electrons. The summed E-state index contributed by atoms with van der Waals surface area (Å²) in [6.45, 7) is 6.09. The monoisotopic (exact) mass is 358 g/mol. The fraction of sp³-hybridized carbons (Fsp3) is 0.474. The van der Waals surface area contributed by atoms with Crippen LogP contribution in [0.15, 0.2) is 29.6 Å². The van der Waals surface area contributed by atoms with Crippen LogP contribution in [0.25, 0.3) is 0 Å². The average Bonchev–Trinajstić information content (AvgIpc) is 3.22. The number of aryl methyl sites for hydroxylation is 2. The number of hydrogen-bond donors (Lipinski definition) is 2. The van der Waals surface area contributed by atoms with Gasteiger partial charge in [-0.25, -0.2) is 4.98 Å². The molecular weight excluding hydrogens is 332 g/mol. The molecule has 0 unspecified atom stereocenters. The number of benzene rings is 1. The van der Waals surface area contributed by atoms with E-state index in [-0.39, 0.29) is 5.91 Å². The minimum Gasteiger partial charge on any atom is -0.375 e. The first-order valence-electron chi connectivity index (χ1n) is 8.83. The quantitative estimate of drug-likeness (QED) is 0.798. The molecule has 0 radical (unpaired) electrons. The molecule has 0 spiro atoms. The molecule has 1 fully saturated rings. The standard InChI is InChI=1S/C19H26N4OS/c1-14-4-2-3-5-16(14)12-23-9-8-15(11-23)10-21-18(24)7-6-17-13-25-19(20)22-17/h2-5,13,15H,6-12H2,1H3,(H2,20,22)(H,21,24)/t15-/m0/s1. The summed E-state index contributed by atoms with van der Waals surface area (Å²) in [4.78, 5) is 18.7. The van der Waals surface area contributed by atoms with Crippen LogP contribution in [0.4, 0.5) is 5.13 Å². The number of nitrogens with one attached hydrogen (secondary N) is 1. The molecule has 1 atom stereocenters. The lowest BCUT2D eigenvalue weighted by Gasteiger charge is -2.17. The average molecular weight is 359 g/mol. The number of likely N-dealkylation sites (tertiary alicyclic amines) is 1. The zero-order valence-corrected chi connectivity index (χ0v) is 15.5. The summed E-state index contributed by atoms with van der Waals surface area (Å²) in [5.41, 5.74) is 9.26. The van der Waals surface area contributed by atoms with E-state index in [2.05, 4.69) is 46.4 Å². The fourth-order valence-corrected chi connectivity index (χ4v) is 3.87. The van der Waals surface area contributed by atoms with E-state index >= 15 is 0 Å². The number of rotatable bonds is 7. The number of nitrogen functional groups attached to an aromatic ring is 1. The van der Waals surface area contributed by atoms with Crippen LogP contribution in [0.3, 0.4) is 0 Å². The number of nitrogens with zero attached hydrogens (tertiary/aromatic N) is 2. The minimum absolute atomic E-state index is 0.101. The normalized spacial score (nSPS) is 17.7. The van der Waals surface area contributed by atoms with Gasteiger partial charge in [0.05, 0.1) is 5.69 Å². The van der Waals surface area contributed by atoms with E-state index in [1.54, 1.807) is 0 Å². The third-order valence-corrected chi connectivity index (χ3v) is 5.51. The molecule has 25 heavy (non-hydrogen) atoms. The van der Waals surface area contributed by atoms with Crippen molar-refractivity contribution in [1.29, 1.82) is 0 Å². The van der Waals surface area contributed by atoms with Crippen molar-refractivity contribution >= 4 is 22.4 Å². The summed E-state index contributed by atoms with van der Waals surface area (Å²) < 4.78 is 0. The predicted molar refractivity (Wildman–Crippen MR) is 102 cm³/mol. The largest absolute Gasteiger partial charge is 0.375 e. The maximum atomic E-state index is 12.0. The second kappa shape index (κ2) is 8.45. The Balaban J connectivity index is 1.36. The molecule has 1 aromatic carbocycles. The Bertz CT molecular complexity index is 715. The van der Waals surface area contributed by atoms with E-state index in [9.17, 15) is 4.79 Å². The molecule has 1 aliphatic rings. The van der Waals surface area contributed by atoms with Crippen molar-refractivity contribution in [3.05, 3.63) is 46.5 Å². The second-order valence-corrected chi connectivity index (χ2v) is 7.69. The van der Waals surface area contributed by atoms with Crippen LogP contribution >= 0.6 is 11.3 Å². The minimum atomic E-state index is 0.101. The van der Waals surface area contributed by atoms with Crippen LogP contribution in [0.1, 0.15) is 29.7 Å². The lowest BCUT2D eigenvalue weighted by molar-refractivity contribution is -0.121. The molecule has 1 amide bonds. The van der Waals surface area contributed by atoms with Crippen LogP contribution in [-0.2, 0) is 17.8 Å². The smallest absolute Gasteiger partial charge is 0.220 e. The van der Waals surface area contributed by atoms with Crippen molar-refractivity contribution in [2.75, 3.05) is 25.4 Å². The molecule has 1 saturated heterocycles. The predicted octanol–water partition coefficient (Wildman–Crippen LogP) is 2.60. The Morgan fingerprint density at radius 2 is 2.28 bits per heavy atom. The van der Waals surface area contributed by atoms with Crippen molar-refractivity contribution in [3.8, 4) is 0 Å². The van der Waals surface area contributed by atoms with Gasteiger partial charge in [-0.05, 0) is 43.4 Å². The first-order chi connectivity index (χ1) is 12.1. The van der Waals surface area contributed by atoms with E-state index in [0.717, 1.165) is 38.3 Å². The van der Waals surface area contributed by atoms with Gasteiger partial charge in [0, 0.05) is 31.4 Å². The van der Waals surface area contributed by atoms with Gasteiger partial charge in [-0.3, -0.25) is 9.69 Å². The van der Waals surface area contributed by atoms with Crippen LogP contribution in [0.5, 0.6) is 0 Å². The number of carbonyl (C=O) groups excluding carboxylic acids is 1. The highest BCUT2D eigenvalue weighted by atomic mass is 32.1. The van der Waals surface area contributed by atoms with Gasteiger partial charge in [0.15, 0.2) is 5.13 Å². The van der Waals surface area contributed by atoms with E-state index in [4.69, 9.17) is 5.73 Å². The van der Waals surface area contributed by atoms with Crippen molar-refractivity contribution in [3.63, 3.8) is 0 Å². The fourth-order valence-electron chi connectivity index (χ4n) is 3.28. The van der Waals surface area contributed by atoms with Crippen molar-refractivity contribution in [2.24, 2.45) is 5.92 Å². The molecule has 3 N–H and O–H groups in total.